The van der Waals surface area contributed by atoms with Crippen LogP contribution in [0.3, 0.4) is 0 Å². The Bertz CT molecular complexity index is 1430. The van der Waals surface area contributed by atoms with E-state index in [0.717, 1.165) is 56.2 Å². The van der Waals surface area contributed by atoms with Crippen molar-refractivity contribution < 1.29 is 19.1 Å². The quantitative estimate of drug-likeness (QED) is 0.321. The Morgan fingerprint density at radius 2 is 1.97 bits per heavy atom. The number of pyridine rings is 2. The topological polar surface area (TPSA) is 78.4 Å². The summed E-state index contributed by atoms with van der Waals surface area (Å²) in [5, 5.41) is 1.97. The van der Waals surface area contributed by atoms with Crippen LogP contribution in [-0.4, -0.2) is 34.9 Å². The van der Waals surface area contributed by atoms with Crippen LogP contribution in [0.15, 0.2) is 42.6 Å². The van der Waals surface area contributed by atoms with Crippen LogP contribution in [0.5, 0.6) is 5.75 Å². The molecule has 6 nitrogen and oxygen atoms in total. The standard InChI is InChI=1S/C27H24N2O4/c1-15-14-23-20(4-6-22(29-23)16(2)30)26(19(15)10-13-32-17(3)31)21-5-7-24-25-18(9-12-33-24)8-11-28-27(21)25/h4-8,11,14H,9-10,12-13H2,1-3H3. The van der Waals surface area contributed by atoms with Crippen LogP contribution in [0.1, 0.15) is 41.0 Å². The highest BCUT2D eigenvalue weighted by molar-refractivity contribution is 6.08. The maximum Gasteiger partial charge on any atom is 0.302 e. The summed E-state index contributed by atoms with van der Waals surface area (Å²) in [5.74, 6) is 0.470. The van der Waals surface area contributed by atoms with Gasteiger partial charge in [0.2, 0.25) is 0 Å². The van der Waals surface area contributed by atoms with Crippen LogP contribution in [0, 0.1) is 6.92 Å². The number of rotatable bonds is 5. The molecule has 4 aromatic rings. The number of carbonyl (C=O) groups is 2. The summed E-state index contributed by atoms with van der Waals surface area (Å²) < 4.78 is 11.2. The maximum absolute atomic E-state index is 12.0. The molecule has 2 aromatic heterocycles. The Morgan fingerprint density at radius 1 is 1.12 bits per heavy atom. The summed E-state index contributed by atoms with van der Waals surface area (Å²) in [4.78, 5) is 32.7. The van der Waals surface area contributed by atoms with Crippen molar-refractivity contribution in [3.8, 4) is 16.9 Å². The van der Waals surface area contributed by atoms with Gasteiger partial charge in [0.15, 0.2) is 5.78 Å². The number of ketones is 1. The molecule has 0 saturated heterocycles. The molecule has 3 heterocycles. The second kappa shape index (κ2) is 8.28. The van der Waals surface area contributed by atoms with E-state index < -0.39 is 0 Å². The van der Waals surface area contributed by atoms with E-state index in [0.29, 0.717) is 18.7 Å². The van der Waals surface area contributed by atoms with Crippen LogP contribution in [-0.2, 0) is 22.4 Å². The molecule has 0 atom stereocenters. The van der Waals surface area contributed by atoms with Gasteiger partial charge in [0.05, 0.1) is 24.2 Å². The number of esters is 1. The first-order valence-corrected chi connectivity index (χ1v) is 11.1. The number of Topliss-reactive ketones (excluding diaryl/α,β-unsaturated/α-hetero) is 1. The van der Waals surface area contributed by atoms with E-state index in [1.165, 1.54) is 19.4 Å². The molecule has 0 spiro atoms. The Labute approximate surface area is 191 Å². The third-order valence-corrected chi connectivity index (χ3v) is 6.18. The van der Waals surface area contributed by atoms with E-state index in [4.69, 9.17) is 14.5 Å². The summed E-state index contributed by atoms with van der Waals surface area (Å²) in [5.41, 5.74) is 7.35. The molecule has 33 heavy (non-hydrogen) atoms. The Kier molecular flexibility index (Phi) is 5.29. The van der Waals surface area contributed by atoms with E-state index in [-0.39, 0.29) is 18.4 Å². The number of hydrogen-bond donors (Lipinski definition) is 0. The summed E-state index contributed by atoms with van der Waals surface area (Å²) in [6.45, 7) is 5.90. The highest BCUT2D eigenvalue weighted by Crippen LogP contribution is 2.42. The summed E-state index contributed by atoms with van der Waals surface area (Å²) in [6, 6.07) is 11.8. The minimum absolute atomic E-state index is 0.0737. The lowest BCUT2D eigenvalue weighted by Gasteiger charge is -2.22. The minimum Gasteiger partial charge on any atom is -0.493 e. The number of aromatic nitrogens is 2. The first-order valence-electron chi connectivity index (χ1n) is 11.1. The van der Waals surface area contributed by atoms with Gasteiger partial charge in [-0.05, 0) is 65.6 Å². The fourth-order valence-electron chi connectivity index (χ4n) is 4.67. The first kappa shape index (κ1) is 21.1. The van der Waals surface area contributed by atoms with Gasteiger partial charge in [-0.25, -0.2) is 4.98 Å². The number of ether oxygens (including phenoxy) is 2. The Balaban J connectivity index is 1.81. The molecule has 1 aliphatic rings. The molecule has 0 radical (unpaired) electrons. The minimum atomic E-state index is -0.303. The second-order valence-corrected chi connectivity index (χ2v) is 8.36. The number of aryl methyl sites for hydroxylation is 1. The molecule has 6 heteroatoms. The molecular weight excluding hydrogens is 416 g/mol. The van der Waals surface area contributed by atoms with Gasteiger partial charge in [0.25, 0.3) is 0 Å². The summed E-state index contributed by atoms with van der Waals surface area (Å²) in [6.07, 6.45) is 3.25. The van der Waals surface area contributed by atoms with Crippen molar-refractivity contribution in [2.45, 2.75) is 33.6 Å². The van der Waals surface area contributed by atoms with Crippen molar-refractivity contribution >= 4 is 33.6 Å². The molecule has 0 aliphatic carbocycles. The number of hydrogen-bond acceptors (Lipinski definition) is 6. The van der Waals surface area contributed by atoms with Gasteiger partial charge in [0.1, 0.15) is 11.4 Å². The molecular formula is C27H24N2O4. The van der Waals surface area contributed by atoms with E-state index in [2.05, 4.69) is 11.1 Å². The highest BCUT2D eigenvalue weighted by Gasteiger charge is 2.22. The first-order chi connectivity index (χ1) is 15.9. The molecule has 166 valence electrons. The maximum atomic E-state index is 12.0. The van der Waals surface area contributed by atoms with Crippen LogP contribution in [0.2, 0.25) is 0 Å². The number of carbonyl (C=O) groups excluding carboxylic acids is 2. The van der Waals surface area contributed by atoms with Gasteiger partial charge < -0.3 is 9.47 Å². The van der Waals surface area contributed by atoms with Crippen molar-refractivity contribution in [2.24, 2.45) is 0 Å². The largest absolute Gasteiger partial charge is 0.493 e. The summed E-state index contributed by atoms with van der Waals surface area (Å²) >= 11 is 0. The fourth-order valence-corrected chi connectivity index (χ4v) is 4.67. The molecule has 0 saturated carbocycles. The average Bonchev–Trinajstić information content (AvgIpc) is 2.79. The normalized spacial score (nSPS) is 12.6. The smallest absolute Gasteiger partial charge is 0.302 e. The fraction of sp³-hybridized carbons (Fsp3) is 0.259. The highest BCUT2D eigenvalue weighted by atomic mass is 16.5. The van der Waals surface area contributed by atoms with Gasteiger partial charge in [-0.3, -0.25) is 14.6 Å². The summed E-state index contributed by atoms with van der Waals surface area (Å²) in [7, 11) is 0. The van der Waals surface area contributed by atoms with Crippen molar-refractivity contribution in [1.29, 1.82) is 0 Å². The van der Waals surface area contributed by atoms with Crippen LogP contribution in [0.4, 0.5) is 0 Å². The molecule has 0 N–H and O–H groups in total. The SMILES string of the molecule is CC(=O)OCCc1c(C)cc2nc(C(C)=O)ccc2c1-c1ccc2c3c(ccnc13)CCO2. The molecule has 1 aliphatic heterocycles. The number of nitrogens with zero attached hydrogens (tertiary/aromatic N) is 2. The van der Waals surface area contributed by atoms with E-state index >= 15 is 0 Å². The van der Waals surface area contributed by atoms with Crippen molar-refractivity contribution in [3.05, 3.63) is 65.0 Å². The van der Waals surface area contributed by atoms with Gasteiger partial charge in [-0.15, -0.1) is 0 Å². The lowest BCUT2D eigenvalue weighted by molar-refractivity contribution is -0.140. The zero-order valence-corrected chi connectivity index (χ0v) is 18.9. The zero-order valence-electron chi connectivity index (χ0n) is 18.9. The van der Waals surface area contributed by atoms with Crippen LogP contribution < -0.4 is 4.74 Å². The average molecular weight is 440 g/mol. The number of fused-ring (bicyclic) bond motifs is 1. The van der Waals surface area contributed by atoms with Crippen molar-refractivity contribution in [1.82, 2.24) is 9.97 Å². The van der Waals surface area contributed by atoms with Crippen LogP contribution in [0.25, 0.3) is 32.9 Å². The lowest BCUT2D eigenvalue weighted by Crippen LogP contribution is -2.10. The zero-order chi connectivity index (χ0) is 23.1. The molecule has 5 rings (SSSR count). The molecule has 0 bridgehead atoms. The molecule has 2 aromatic carbocycles. The predicted octanol–water partition coefficient (Wildman–Crippen LogP) is 5.00. The van der Waals surface area contributed by atoms with Gasteiger partial charge in [-0.1, -0.05) is 0 Å². The van der Waals surface area contributed by atoms with Gasteiger partial charge in [0, 0.05) is 49.2 Å². The van der Waals surface area contributed by atoms with Gasteiger partial charge in [-0.2, -0.15) is 0 Å². The molecule has 0 amide bonds. The monoisotopic (exact) mass is 440 g/mol. The van der Waals surface area contributed by atoms with Gasteiger partial charge >= 0.3 is 5.97 Å². The molecule has 0 unspecified atom stereocenters. The lowest BCUT2D eigenvalue weighted by atomic mass is 9.88. The van der Waals surface area contributed by atoms with Crippen molar-refractivity contribution in [2.75, 3.05) is 13.2 Å². The van der Waals surface area contributed by atoms with Crippen molar-refractivity contribution in [3.63, 3.8) is 0 Å². The van der Waals surface area contributed by atoms with E-state index in [1.54, 1.807) is 6.07 Å². The third-order valence-electron chi connectivity index (χ3n) is 6.18. The number of benzene rings is 2. The van der Waals surface area contributed by atoms with Crippen LogP contribution >= 0.6 is 0 Å². The predicted molar refractivity (Wildman–Crippen MR) is 127 cm³/mol. The molecule has 0 fully saturated rings. The Morgan fingerprint density at radius 3 is 2.76 bits per heavy atom. The van der Waals surface area contributed by atoms with E-state index in [1.807, 2.05) is 37.4 Å². The third kappa shape index (κ3) is 3.71. The second-order valence-electron chi connectivity index (χ2n) is 8.36. The van der Waals surface area contributed by atoms with E-state index in [9.17, 15) is 9.59 Å². The Hall–Kier alpha value is -3.80.